The number of hydrogen-bond donors (Lipinski definition) is 1. The molecule has 0 fully saturated rings. The van der Waals surface area contributed by atoms with Gasteiger partial charge in [-0.15, -0.1) is 0 Å². The fraction of sp³-hybridized carbons (Fsp3) is 0.462. The molecule has 0 spiro atoms. The van der Waals surface area contributed by atoms with Crippen molar-refractivity contribution in [3.8, 4) is 5.75 Å². The second-order valence-electron chi connectivity index (χ2n) is 3.80. The van der Waals surface area contributed by atoms with Gasteiger partial charge in [0.1, 0.15) is 5.75 Å². The SMILES string of the molecule is CCCCOCc1cc(C(N)=O)ccc1OC. The Morgan fingerprint density at radius 2 is 2.18 bits per heavy atom. The third kappa shape index (κ3) is 4.07. The number of unbranched alkanes of at least 4 members (excludes halogenated alkanes) is 1. The summed E-state index contributed by atoms with van der Waals surface area (Å²) in [4.78, 5) is 11.1. The molecule has 1 rings (SSSR count). The first kappa shape index (κ1) is 13.5. The molecule has 4 heteroatoms. The second kappa shape index (κ2) is 6.91. The number of amides is 1. The van der Waals surface area contributed by atoms with E-state index in [0.29, 0.717) is 24.5 Å². The molecule has 0 aliphatic heterocycles. The molecule has 0 saturated heterocycles. The number of ether oxygens (including phenoxy) is 2. The van der Waals surface area contributed by atoms with Crippen LogP contribution in [0.25, 0.3) is 0 Å². The molecular formula is C13H19NO3. The molecule has 1 aromatic rings. The number of benzene rings is 1. The van der Waals surface area contributed by atoms with Crippen molar-refractivity contribution in [3.63, 3.8) is 0 Å². The van der Waals surface area contributed by atoms with Gasteiger partial charge in [0.15, 0.2) is 0 Å². The Morgan fingerprint density at radius 3 is 2.76 bits per heavy atom. The number of nitrogens with two attached hydrogens (primary N) is 1. The lowest BCUT2D eigenvalue weighted by molar-refractivity contribution is 0.0999. The van der Waals surface area contributed by atoms with Gasteiger partial charge in [-0.25, -0.2) is 0 Å². The van der Waals surface area contributed by atoms with Crippen molar-refractivity contribution in [3.05, 3.63) is 29.3 Å². The lowest BCUT2D eigenvalue weighted by Gasteiger charge is -2.10. The van der Waals surface area contributed by atoms with Crippen molar-refractivity contribution in [1.29, 1.82) is 0 Å². The summed E-state index contributed by atoms with van der Waals surface area (Å²) in [7, 11) is 1.59. The minimum absolute atomic E-state index is 0.435. The van der Waals surface area contributed by atoms with Crippen molar-refractivity contribution in [2.45, 2.75) is 26.4 Å². The van der Waals surface area contributed by atoms with Crippen LogP contribution in [0.4, 0.5) is 0 Å². The zero-order valence-corrected chi connectivity index (χ0v) is 10.4. The summed E-state index contributed by atoms with van der Waals surface area (Å²) in [5, 5.41) is 0. The minimum Gasteiger partial charge on any atom is -0.496 e. The predicted molar refractivity (Wildman–Crippen MR) is 66.1 cm³/mol. The van der Waals surface area contributed by atoms with Crippen LogP contribution in [0.15, 0.2) is 18.2 Å². The Kier molecular flexibility index (Phi) is 5.49. The molecule has 0 aromatic heterocycles. The van der Waals surface area contributed by atoms with E-state index >= 15 is 0 Å². The van der Waals surface area contributed by atoms with Gasteiger partial charge in [-0.3, -0.25) is 4.79 Å². The molecule has 0 radical (unpaired) electrons. The van der Waals surface area contributed by atoms with Crippen LogP contribution in [0.5, 0.6) is 5.75 Å². The van der Waals surface area contributed by atoms with Gasteiger partial charge >= 0.3 is 0 Å². The molecule has 2 N–H and O–H groups in total. The standard InChI is InChI=1S/C13H19NO3/c1-3-4-7-17-9-11-8-10(13(14)15)5-6-12(11)16-2/h5-6,8H,3-4,7,9H2,1-2H3,(H2,14,15). The predicted octanol–water partition coefficient (Wildman–Crippen LogP) is 2.11. The normalized spacial score (nSPS) is 10.2. The third-order valence-corrected chi connectivity index (χ3v) is 2.46. The van der Waals surface area contributed by atoms with Gasteiger partial charge in [0.2, 0.25) is 5.91 Å². The molecule has 0 heterocycles. The monoisotopic (exact) mass is 237 g/mol. The van der Waals surface area contributed by atoms with E-state index in [1.54, 1.807) is 25.3 Å². The summed E-state index contributed by atoms with van der Waals surface area (Å²) in [6.45, 7) is 3.25. The maximum absolute atomic E-state index is 11.1. The third-order valence-electron chi connectivity index (χ3n) is 2.46. The van der Waals surface area contributed by atoms with E-state index in [0.717, 1.165) is 18.4 Å². The molecule has 4 nitrogen and oxygen atoms in total. The number of carbonyl (C=O) groups excluding carboxylic acids is 1. The Bertz CT molecular complexity index is 377. The van der Waals surface area contributed by atoms with Gasteiger partial charge in [0, 0.05) is 17.7 Å². The highest BCUT2D eigenvalue weighted by atomic mass is 16.5. The Labute approximate surface area is 102 Å². The van der Waals surface area contributed by atoms with Crippen molar-refractivity contribution >= 4 is 5.91 Å². The molecule has 0 unspecified atom stereocenters. The number of carbonyl (C=O) groups is 1. The van der Waals surface area contributed by atoms with Crippen molar-refractivity contribution in [1.82, 2.24) is 0 Å². The van der Waals surface area contributed by atoms with Crippen molar-refractivity contribution in [2.75, 3.05) is 13.7 Å². The van der Waals surface area contributed by atoms with Crippen LogP contribution in [0.1, 0.15) is 35.7 Å². The van der Waals surface area contributed by atoms with Gasteiger partial charge in [-0.1, -0.05) is 13.3 Å². The fourth-order valence-electron chi connectivity index (χ4n) is 1.47. The fourth-order valence-corrected chi connectivity index (χ4v) is 1.47. The topological polar surface area (TPSA) is 61.5 Å². The number of rotatable bonds is 7. The minimum atomic E-state index is -0.442. The van der Waals surface area contributed by atoms with Gasteiger partial charge in [0.05, 0.1) is 13.7 Å². The Balaban J connectivity index is 2.72. The maximum Gasteiger partial charge on any atom is 0.248 e. The number of hydrogen-bond acceptors (Lipinski definition) is 3. The zero-order chi connectivity index (χ0) is 12.7. The molecule has 0 aliphatic rings. The largest absolute Gasteiger partial charge is 0.496 e. The van der Waals surface area contributed by atoms with Crippen LogP contribution in [0, 0.1) is 0 Å². The Morgan fingerprint density at radius 1 is 1.41 bits per heavy atom. The Hall–Kier alpha value is -1.55. The van der Waals surface area contributed by atoms with Crippen LogP contribution in [-0.4, -0.2) is 19.6 Å². The molecule has 0 aliphatic carbocycles. The van der Waals surface area contributed by atoms with E-state index in [1.165, 1.54) is 0 Å². The molecule has 0 bridgehead atoms. The second-order valence-corrected chi connectivity index (χ2v) is 3.80. The smallest absolute Gasteiger partial charge is 0.248 e. The van der Waals surface area contributed by atoms with E-state index < -0.39 is 5.91 Å². The first-order valence-corrected chi connectivity index (χ1v) is 5.73. The summed E-state index contributed by atoms with van der Waals surface area (Å²) in [5.74, 6) is 0.272. The average Bonchev–Trinajstić information content (AvgIpc) is 2.34. The van der Waals surface area contributed by atoms with Crippen LogP contribution in [-0.2, 0) is 11.3 Å². The first-order valence-electron chi connectivity index (χ1n) is 5.73. The molecule has 1 amide bonds. The van der Waals surface area contributed by atoms with Crippen molar-refractivity contribution < 1.29 is 14.3 Å². The molecule has 94 valence electrons. The van der Waals surface area contributed by atoms with E-state index in [1.807, 2.05) is 0 Å². The first-order chi connectivity index (χ1) is 8.19. The van der Waals surface area contributed by atoms with Gasteiger partial charge in [0.25, 0.3) is 0 Å². The van der Waals surface area contributed by atoms with Crippen LogP contribution in [0.3, 0.4) is 0 Å². The molecule has 17 heavy (non-hydrogen) atoms. The maximum atomic E-state index is 11.1. The lowest BCUT2D eigenvalue weighted by atomic mass is 10.1. The van der Waals surface area contributed by atoms with E-state index in [4.69, 9.17) is 15.2 Å². The summed E-state index contributed by atoms with van der Waals surface area (Å²) >= 11 is 0. The quantitative estimate of drug-likeness (QED) is 0.739. The lowest BCUT2D eigenvalue weighted by Crippen LogP contribution is -2.11. The summed E-state index contributed by atoms with van der Waals surface area (Å²) in [6, 6.07) is 5.10. The van der Waals surface area contributed by atoms with E-state index in [-0.39, 0.29) is 0 Å². The molecule has 0 atom stereocenters. The van der Waals surface area contributed by atoms with E-state index in [2.05, 4.69) is 6.92 Å². The highest BCUT2D eigenvalue weighted by Crippen LogP contribution is 2.20. The molecule has 0 saturated carbocycles. The molecular weight excluding hydrogens is 218 g/mol. The van der Waals surface area contributed by atoms with Crippen LogP contribution < -0.4 is 10.5 Å². The number of primary amides is 1. The summed E-state index contributed by atoms with van der Waals surface area (Å²) in [6.07, 6.45) is 2.12. The average molecular weight is 237 g/mol. The zero-order valence-electron chi connectivity index (χ0n) is 10.4. The number of methoxy groups -OCH3 is 1. The highest BCUT2D eigenvalue weighted by molar-refractivity contribution is 5.93. The van der Waals surface area contributed by atoms with Gasteiger partial charge in [-0.05, 0) is 24.6 Å². The van der Waals surface area contributed by atoms with Gasteiger partial charge < -0.3 is 15.2 Å². The van der Waals surface area contributed by atoms with Gasteiger partial charge in [-0.2, -0.15) is 0 Å². The van der Waals surface area contributed by atoms with Crippen molar-refractivity contribution in [2.24, 2.45) is 5.73 Å². The van der Waals surface area contributed by atoms with E-state index in [9.17, 15) is 4.79 Å². The summed E-state index contributed by atoms with van der Waals surface area (Å²) < 4.78 is 10.7. The summed E-state index contributed by atoms with van der Waals surface area (Å²) in [5.41, 5.74) is 6.55. The van der Waals surface area contributed by atoms with Crippen LogP contribution >= 0.6 is 0 Å². The molecule has 1 aromatic carbocycles. The highest BCUT2D eigenvalue weighted by Gasteiger charge is 2.07. The van der Waals surface area contributed by atoms with Crippen LogP contribution in [0.2, 0.25) is 0 Å².